The lowest BCUT2D eigenvalue weighted by Crippen LogP contribution is -2.50. The van der Waals surface area contributed by atoms with Gasteiger partial charge in [0.05, 0.1) is 31.2 Å². The molecule has 0 saturated heterocycles. The summed E-state index contributed by atoms with van der Waals surface area (Å²) in [5.74, 6) is -2.10. The summed E-state index contributed by atoms with van der Waals surface area (Å²) < 4.78 is 39.7. The van der Waals surface area contributed by atoms with Crippen LogP contribution in [0.2, 0.25) is 0 Å². The molecule has 0 spiro atoms. The summed E-state index contributed by atoms with van der Waals surface area (Å²) in [6.45, 7) is 0.882. The Morgan fingerprint density at radius 1 is 1.60 bits per heavy atom. The normalized spacial score (nSPS) is 12.5. The van der Waals surface area contributed by atoms with Crippen molar-refractivity contribution in [1.82, 2.24) is 9.78 Å². The fourth-order valence-electron chi connectivity index (χ4n) is 1.38. The maximum absolute atomic E-state index is 10.9. The van der Waals surface area contributed by atoms with Gasteiger partial charge in [-0.25, -0.2) is 0 Å². The minimum Gasteiger partial charge on any atom is -0.550 e. The zero-order valence-electron chi connectivity index (χ0n) is 11.3. The van der Waals surface area contributed by atoms with Crippen molar-refractivity contribution in [3.05, 3.63) is 18.0 Å². The number of carboxylic acids is 1. The number of carbonyl (C=O) groups excluding carboxylic acids is 1. The number of carboxylic acid groups (broad SMARTS) is 1. The fourth-order valence-corrected chi connectivity index (χ4v) is 1.38. The highest BCUT2D eigenvalue weighted by atomic mass is 19.4. The zero-order valence-corrected chi connectivity index (χ0v) is 11.3. The van der Waals surface area contributed by atoms with Crippen LogP contribution in [-0.4, -0.2) is 35.6 Å². The lowest BCUT2D eigenvalue weighted by atomic mass is 10.1. The molecule has 1 unspecified atom stereocenters. The topological polar surface area (TPSA) is 94.8 Å². The molecule has 0 saturated carbocycles. The van der Waals surface area contributed by atoms with Crippen molar-refractivity contribution >= 4 is 5.97 Å². The van der Waals surface area contributed by atoms with Gasteiger partial charge >= 0.3 is 6.18 Å². The fraction of sp³-hybridized carbons (Fsp3) is 0.636. The highest BCUT2D eigenvalue weighted by Crippen LogP contribution is 2.18. The van der Waals surface area contributed by atoms with Crippen LogP contribution in [0.3, 0.4) is 0 Å². The molecule has 0 amide bonds. The van der Waals surface area contributed by atoms with Crippen molar-refractivity contribution < 1.29 is 33.5 Å². The Kier molecular flexibility index (Phi) is 7.85. The molecule has 0 fully saturated rings. The number of quaternary nitrogens is 1. The van der Waals surface area contributed by atoms with E-state index in [4.69, 9.17) is 4.74 Å². The van der Waals surface area contributed by atoms with Crippen LogP contribution in [0.25, 0.3) is 0 Å². The summed E-state index contributed by atoms with van der Waals surface area (Å²) in [4.78, 5) is 9.18. The number of carbonyl (C=O) groups is 1. The van der Waals surface area contributed by atoms with Crippen LogP contribution in [0.5, 0.6) is 0 Å². The van der Waals surface area contributed by atoms with Crippen molar-refractivity contribution in [1.29, 1.82) is 0 Å². The molecular weight excluding hydrogens is 279 g/mol. The van der Waals surface area contributed by atoms with Crippen LogP contribution in [0, 0.1) is 0 Å². The predicted molar refractivity (Wildman–Crippen MR) is 61.0 cm³/mol. The highest BCUT2D eigenvalue weighted by molar-refractivity contribution is 5.64. The number of nitrogens with zero attached hydrogens (tertiary/aromatic N) is 2. The molecule has 0 aromatic carbocycles. The Morgan fingerprint density at radius 2 is 2.20 bits per heavy atom. The van der Waals surface area contributed by atoms with E-state index in [-0.39, 0.29) is 6.10 Å². The van der Waals surface area contributed by atoms with Crippen LogP contribution in [-0.2, 0) is 16.6 Å². The van der Waals surface area contributed by atoms with E-state index in [9.17, 15) is 23.1 Å². The molecule has 6 nitrogen and oxygen atoms in total. The number of aliphatic carboxylic acids is 1. The third kappa shape index (κ3) is 8.48. The second-order valence-electron chi connectivity index (χ2n) is 3.98. The van der Waals surface area contributed by atoms with Gasteiger partial charge in [0.15, 0.2) is 0 Å². The van der Waals surface area contributed by atoms with Crippen LogP contribution in [0.4, 0.5) is 13.2 Å². The minimum atomic E-state index is -4.64. The van der Waals surface area contributed by atoms with Gasteiger partial charge in [-0.05, 0) is 0 Å². The first-order valence-corrected chi connectivity index (χ1v) is 5.76. The van der Waals surface area contributed by atoms with Gasteiger partial charge in [0.25, 0.3) is 0 Å². The standard InChI is InChI=1S/C8H15N3O.C3H3F3O2/c1-11-6-7(5-10-11)8(12-2)3-4-9;4-3(5,6)1-2(7)8/h5-6,8H,3-4,9H2,1-2H3;1H2,(H,7,8). The van der Waals surface area contributed by atoms with Gasteiger partial charge in [-0.3, -0.25) is 4.68 Å². The SMILES string of the molecule is COC(CC[NH3+])c1cnn(C)c1.O=C([O-])CC(F)(F)F. The summed E-state index contributed by atoms with van der Waals surface area (Å²) in [7, 11) is 3.62. The maximum atomic E-state index is 10.9. The number of hydrogen-bond acceptors (Lipinski definition) is 4. The summed E-state index contributed by atoms with van der Waals surface area (Å²) >= 11 is 0. The number of halogens is 3. The molecule has 0 aliphatic rings. The molecule has 3 N–H and O–H groups in total. The maximum Gasteiger partial charge on any atom is 0.394 e. The van der Waals surface area contributed by atoms with E-state index in [0.29, 0.717) is 0 Å². The monoisotopic (exact) mass is 297 g/mol. The van der Waals surface area contributed by atoms with Crippen LogP contribution in [0.1, 0.15) is 24.5 Å². The van der Waals surface area contributed by atoms with E-state index in [1.165, 1.54) is 0 Å². The average molecular weight is 297 g/mol. The second kappa shape index (κ2) is 8.54. The third-order valence-corrected chi connectivity index (χ3v) is 2.19. The van der Waals surface area contributed by atoms with E-state index in [0.717, 1.165) is 18.5 Å². The highest BCUT2D eigenvalue weighted by Gasteiger charge is 2.26. The van der Waals surface area contributed by atoms with Gasteiger partial charge in [-0.1, -0.05) is 0 Å². The van der Waals surface area contributed by atoms with E-state index < -0.39 is 18.6 Å². The Bertz CT molecular complexity index is 407. The van der Waals surface area contributed by atoms with E-state index in [1.807, 2.05) is 19.4 Å². The zero-order chi connectivity index (χ0) is 15.8. The average Bonchev–Trinajstić information content (AvgIpc) is 2.70. The lowest BCUT2D eigenvalue weighted by Gasteiger charge is -2.09. The smallest absolute Gasteiger partial charge is 0.394 e. The number of rotatable bonds is 5. The molecule has 0 bridgehead atoms. The molecule has 0 aliphatic heterocycles. The summed E-state index contributed by atoms with van der Waals surface area (Å²) in [5, 5.41) is 13.3. The number of alkyl halides is 3. The largest absolute Gasteiger partial charge is 0.550 e. The van der Waals surface area contributed by atoms with Gasteiger partial charge in [0, 0.05) is 32.3 Å². The second-order valence-corrected chi connectivity index (χ2v) is 3.98. The first-order valence-electron chi connectivity index (χ1n) is 5.76. The number of hydrogen-bond donors (Lipinski definition) is 1. The molecule has 116 valence electrons. The lowest BCUT2D eigenvalue weighted by molar-refractivity contribution is -0.371. The molecule has 1 heterocycles. The van der Waals surface area contributed by atoms with Crippen LogP contribution < -0.4 is 10.8 Å². The molecule has 0 radical (unpaired) electrons. The van der Waals surface area contributed by atoms with E-state index in [1.54, 1.807) is 11.8 Å². The molecule has 1 aromatic rings. The van der Waals surface area contributed by atoms with Gasteiger partial charge in [-0.15, -0.1) is 0 Å². The van der Waals surface area contributed by atoms with Gasteiger partial charge in [-0.2, -0.15) is 18.3 Å². The van der Waals surface area contributed by atoms with Crippen molar-refractivity contribution in [3.63, 3.8) is 0 Å². The molecule has 9 heteroatoms. The molecule has 20 heavy (non-hydrogen) atoms. The van der Waals surface area contributed by atoms with Crippen molar-refractivity contribution in [2.75, 3.05) is 13.7 Å². The molecule has 0 aliphatic carbocycles. The summed E-state index contributed by atoms with van der Waals surface area (Å²) in [5.41, 5.74) is 4.93. The molecule has 1 aromatic heterocycles. The number of ether oxygens (including phenoxy) is 1. The number of aromatic nitrogens is 2. The third-order valence-electron chi connectivity index (χ3n) is 2.19. The quantitative estimate of drug-likeness (QED) is 0.787. The minimum absolute atomic E-state index is 0.149. The summed E-state index contributed by atoms with van der Waals surface area (Å²) in [6.07, 6.45) is -1.60. The predicted octanol–water partition coefficient (Wildman–Crippen LogP) is -0.572. The van der Waals surface area contributed by atoms with Crippen molar-refractivity contribution in [2.45, 2.75) is 25.1 Å². The Hall–Kier alpha value is -1.61. The molecule has 1 rings (SSSR count). The van der Waals surface area contributed by atoms with E-state index in [2.05, 4.69) is 10.8 Å². The first-order chi connectivity index (χ1) is 9.19. The summed E-state index contributed by atoms with van der Waals surface area (Å²) in [6, 6.07) is 0. The Morgan fingerprint density at radius 3 is 2.45 bits per heavy atom. The Balaban J connectivity index is 0.000000396. The van der Waals surface area contributed by atoms with Gasteiger partial charge in [0.1, 0.15) is 0 Å². The van der Waals surface area contributed by atoms with Crippen molar-refractivity contribution in [2.24, 2.45) is 7.05 Å². The number of aryl methyl sites for hydroxylation is 1. The Labute approximate surface area is 114 Å². The first kappa shape index (κ1) is 18.4. The number of methoxy groups -OCH3 is 1. The molecule has 1 atom stereocenters. The van der Waals surface area contributed by atoms with E-state index >= 15 is 0 Å². The van der Waals surface area contributed by atoms with Gasteiger partial charge < -0.3 is 20.4 Å². The molecular formula is C11H18F3N3O3. The van der Waals surface area contributed by atoms with Gasteiger partial charge in [0.2, 0.25) is 0 Å². The van der Waals surface area contributed by atoms with Crippen molar-refractivity contribution in [3.8, 4) is 0 Å². The van der Waals surface area contributed by atoms with Crippen LogP contribution >= 0.6 is 0 Å². The van der Waals surface area contributed by atoms with Crippen LogP contribution in [0.15, 0.2) is 12.4 Å².